The lowest BCUT2D eigenvalue weighted by Crippen LogP contribution is -2.11. The third-order valence-corrected chi connectivity index (χ3v) is 3.50. The molecule has 0 heterocycles. The molecule has 2 nitrogen and oxygen atoms in total. The Bertz CT molecular complexity index is 556. The Morgan fingerprint density at radius 2 is 1.95 bits per heavy atom. The number of nitrogens with two attached hydrogens (primary N) is 1. The van der Waals surface area contributed by atoms with E-state index < -0.39 is 0 Å². The third-order valence-electron chi connectivity index (χ3n) is 3.50. The minimum absolute atomic E-state index is 0.221. The zero-order valence-electron chi connectivity index (χ0n) is 13.2. The van der Waals surface area contributed by atoms with Gasteiger partial charge < -0.3 is 5.73 Å². The molecule has 21 heavy (non-hydrogen) atoms. The van der Waals surface area contributed by atoms with Crippen molar-refractivity contribution in [3.05, 3.63) is 59.1 Å². The average molecular weight is 288 g/mol. The molecule has 0 fully saturated rings. The molecule has 0 aliphatic rings. The summed E-state index contributed by atoms with van der Waals surface area (Å²) in [6.45, 7) is 10.4. The van der Waals surface area contributed by atoms with Crippen molar-refractivity contribution < 1.29 is 4.39 Å². The Morgan fingerprint density at radius 3 is 2.52 bits per heavy atom. The van der Waals surface area contributed by atoms with Crippen LogP contribution in [0.3, 0.4) is 0 Å². The standard InChI is InChI=1S/C18H25FN2/c1-5-9-13(3)18(20)14(4)17(6-2)21-12-15-10-7-8-11-16(15)19/h7-8,10-11H,3,5-6,9,12,20H2,1-2,4H3. The highest BCUT2D eigenvalue weighted by Crippen LogP contribution is 2.16. The lowest BCUT2D eigenvalue weighted by Gasteiger charge is -2.12. The van der Waals surface area contributed by atoms with Gasteiger partial charge in [-0.3, -0.25) is 4.99 Å². The second kappa shape index (κ2) is 8.40. The van der Waals surface area contributed by atoms with Crippen LogP contribution < -0.4 is 5.73 Å². The fourth-order valence-electron chi connectivity index (χ4n) is 2.16. The molecule has 0 saturated carbocycles. The molecule has 0 radical (unpaired) electrons. The number of aliphatic imine (C=N–C) groups is 1. The van der Waals surface area contributed by atoms with Crippen LogP contribution in [0.25, 0.3) is 0 Å². The molecular formula is C18H25FN2. The second-order valence-electron chi connectivity index (χ2n) is 5.10. The van der Waals surface area contributed by atoms with Gasteiger partial charge in [-0.15, -0.1) is 0 Å². The van der Waals surface area contributed by atoms with Crippen LogP contribution in [0.15, 0.2) is 52.7 Å². The summed E-state index contributed by atoms with van der Waals surface area (Å²) in [5, 5.41) is 0. The molecule has 0 spiro atoms. The van der Waals surface area contributed by atoms with Crippen molar-refractivity contribution in [2.24, 2.45) is 10.7 Å². The van der Waals surface area contributed by atoms with Gasteiger partial charge >= 0.3 is 0 Å². The topological polar surface area (TPSA) is 38.4 Å². The highest BCUT2D eigenvalue weighted by Gasteiger charge is 2.08. The molecule has 0 aromatic heterocycles. The Kier molecular flexibility index (Phi) is 6.86. The van der Waals surface area contributed by atoms with E-state index in [9.17, 15) is 4.39 Å². The van der Waals surface area contributed by atoms with Crippen molar-refractivity contribution in [1.82, 2.24) is 0 Å². The molecule has 2 N–H and O–H groups in total. The quantitative estimate of drug-likeness (QED) is 0.570. The van der Waals surface area contributed by atoms with Crippen LogP contribution >= 0.6 is 0 Å². The predicted molar refractivity (Wildman–Crippen MR) is 88.8 cm³/mol. The molecule has 0 aliphatic carbocycles. The van der Waals surface area contributed by atoms with Gasteiger partial charge in [0.25, 0.3) is 0 Å². The predicted octanol–water partition coefficient (Wildman–Crippen LogP) is 4.77. The Balaban J connectivity index is 2.96. The summed E-state index contributed by atoms with van der Waals surface area (Å²) in [6, 6.07) is 6.71. The average Bonchev–Trinajstić information content (AvgIpc) is 2.48. The van der Waals surface area contributed by atoms with Gasteiger partial charge in [0.2, 0.25) is 0 Å². The van der Waals surface area contributed by atoms with E-state index in [1.807, 2.05) is 19.9 Å². The van der Waals surface area contributed by atoms with Crippen LogP contribution in [0, 0.1) is 5.82 Å². The molecule has 0 unspecified atom stereocenters. The lowest BCUT2D eigenvalue weighted by molar-refractivity contribution is 0.611. The zero-order valence-corrected chi connectivity index (χ0v) is 13.2. The summed E-state index contributed by atoms with van der Waals surface area (Å²) < 4.78 is 13.6. The van der Waals surface area contributed by atoms with Gasteiger partial charge in [0, 0.05) is 17.0 Å². The van der Waals surface area contributed by atoms with E-state index in [-0.39, 0.29) is 5.82 Å². The summed E-state index contributed by atoms with van der Waals surface area (Å²) in [5.74, 6) is -0.221. The van der Waals surface area contributed by atoms with Crippen molar-refractivity contribution in [1.29, 1.82) is 0 Å². The number of rotatable bonds is 7. The number of halogens is 1. The van der Waals surface area contributed by atoms with Gasteiger partial charge in [-0.25, -0.2) is 4.39 Å². The van der Waals surface area contributed by atoms with Crippen LogP contribution in [0.1, 0.15) is 45.6 Å². The molecule has 0 bridgehead atoms. The molecule has 3 heteroatoms. The Labute approximate surface area is 127 Å². The van der Waals surface area contributed by atoms with E-state index in [0.29, 0.717) is 17.8 Å². The van der Waals surface area contributed by atoms with E-state index in [1.54, 1.807) is 12.1 Å². The fraction of sp³-hybridized carbons (Fsp3) is 0.389. The molecule has 0 atom stereocenters. The van der Waals surface area contributed by atoms with Gasteiger partial charge in [-0.1, -0.05) is 45.0 Å². The van der Waals surface area contributed by atoms with Crippen LogP contribution in [-0.4, -0.2) is 5.71 Å². The molecule has 1 rings (SSSR count). The minimum atomic E-state index is -0.221. The highest BCUT2D eigenvalue weighted by molar-refractivity contribution is 6.00. The van der Waals surface area contributed by atoms with Crippen molar-refractivity contribution >= 4 is 5.71 Å². The first kappa shape index (κ1) is 17.2. The third kappa shape index (κ3) is 4.85. The minimum Gasteiger partial charge on any atom is -0.398 e. The van der Waals surface area contributed by atoms with Crippen molar-refractivity contribution in [3.63, 3.8) is 0 Å². The lowest BCUT2D eigenvalue weighted by atomic mass is 10.0. The van der Waals surface area contributed by atoms with Gasteiger partial charge in [0.1, 0.15) is 5.82 Å². The van der Waals surface area contributed by atoms with Crippen LogP contribution in [0.2, 0.25) is 0 Å². The molecular weight excluding hydrogens is 263 g/mol. The Morgan fingerprint density at radius 1 is 1.29 bits per heavy atom. The maximum absolute atomic E-state index is 13.6. The van der Waals surface area contributed by atoms with E-state index in [4.69, 9.17) is 5.73 Å². The van der Waals surface area contributed by atoms with Crippen molar-refractivity contribution in [2.45, 2.75) is 46.6 Å². The smallest absolute Gasteiger partial charge is 0.128 e. The monoisotopic (exact) mass is 288 g/mol. The van der Waals surface area contributed by atoms with Gasteiger partial charge in [0.15, 0.2) is 0 Å². The first-order valence-electron chi connectivity index (χ1n) is 7.42. The van der Waals surface area contributed by atoms with E-state index in [0.717, 1.165) is 36.1 Å². The fourth-order valence-corrected chi connectivity index (χ4v) is 2.16. The Hall–Kier alpha value is -1.90. The maximum Gasteiger partial charge on any atom is 0.128 e. The molecule has 114 valence electrons. The summed E-state index contributed by atoms with van der Waals surface area (Å²) in [6.07, 6.45) is 2.66. The van der Waals surface area contributed by atoms with E-state index in [2.05, 4.69) is 18.5 Å². The van der Waals surface area contributed by atoms with Crippen LogP contribution in [0.5, 0.6) is 0 Å². The number of hydrogen-bond donors (Lipinski definition) is 1. The largest absolute Gasteiger partial charge is 0.398 e. The van der Waals surface area contributed by atoms with E-state index >= 15 is 0 Å². The van der Waals surface area contributed by atoms with Gasteiger partial charge in [-0.05, 0) is 37.0 Å². The highest BCUT2D eigenvalue weighted by atomic mass is 19.1. The summed E-state index contributed by atoms with van der Waals surface area (Å²) in [7, 11) is 0. The summed E-state index contributed by atoms with van der Waals surface area (Å²) in [4.78, 5) is 4.53. The maximum atomic E-state index is 13.6. The van der Waals surface area contributed by atoms with Gasteiger partial charge in [-0.2, -0.15) is 0 Å². The normalized spacial score (nSPS) is 13.0. The molecule has 0 amide bonds. The molecule has 0 saturated heterocycles. The van der Waals surface area contributed by atoms with Crippen LogP contribution in [-0.2, 0) is 6.54 Å². The number of allylic oxidation sites excluding steroid dienone is 2. The number of nitrogens with zero attached hydrogens (tertiary/aromatic N) is 1. The van der Waals surface area contributed by atoms with Crippen LogP contribution in [0.4, 0.5) is 4.39 Å². The summed E-state index contributed by atoms with van der Waals surface area (Å²) >= 11 is 0. The SMILES string of the molecule is C=C(CCC)C(N)=C(C)C(CC)=NCc1ccccc1F. The first-order valence-corrected chi connectivity index (χ1v) is 7.42. The second-order valence-corrected chi connectivity index (χ2v) is 5.10. The molecule has 0 aliphatic heterocycles. The van der Waals surface area contributed by atoms with Gasteiger partial charge in [0.05, 0.1) is 6.54 Å². The zero-order chi connectivity index (χ0) is 15.8. The molecule has 1 aromatic carbocycles. The molecule has 1 aromatic rings. The number of hydrogen-bond acceptors (Lipinski definition) is 2. The first-order chi connectivity index (χ1) is 10.0. The van der Waals surface area contributed by atoms with E-state index in [1.165, 1.54) is 6.07 Å². The summed E-state index contributed by atoms with van der Waals surface area (Å²) in [5.41, 5.74) is 10.3. The number of benzene rings is 1. The van der Waals surface area contributed by atoms with Crippen molar-refractivity contribution in [3.8, 4) is 0 Å². The van der Waals surface area contributed by atoms with Crippen molar-refractivity contribution in [2.75, 3.05) is 0 Å².